The first-order valence-corrected chi connectivity index (χ1v) is 5.57. The fourth-order valence-electron chi connectivity index (χ4n) is 1.68. The van der Waals surface area contributed by atoms with Gasteiger partial charge in [-0.2, -0.15) is 0 Å². The Morgan fingerprint density at radius 3 is 2.36 bits per heavy atom. The molecule has 3 nitrogen and oxygen atoms in total. The van der Waals surface area contributed by atoms with Crippen LogP contribution >= 0.6 is 0 Å². The van der Waals surface area contributed by atoms with Crippen LogP contribution < -0.4 is 5.32 Å². The van der Waals surface area contributed by atoms with Crippen molar-refractivity contribution in [1.29, 1.82) is 0 Å². The Kier molecular flexibility index (Phi) is 4.85. The van der Waals surface area contributed by atoms with Crippen molar-refractivity contribution in [2.24, 2.45) is 5.92 Å². The van der Waals surface area contributed by atoms with Gasteiger partial charge in [0.1, 0.15) is 0 Å². The summed E-state index contributed by atoms with van der Waals surface area (Å²) in [4.78, 5) is 2.31. The molecule has 0 radical (unpaired) electrons. The monoisotopic (exact) mass is 200 g/mol. The van der Waals surface area contributed by atoms with E-state index in [9.17, 15) is 0 Å². The molecule has 1 unspecified atom stereocenters. The quantitative estimate of drug-likeness (QED) is 0.691. The molecule has 1 saturated heterocycles. The van der Waals surface area contributed by atoms with Crippen molar-refractivity contribution in [3.63, 3.8) is 0 Å². The highest BCUT2D eigenvalue weighted by Gasteiger charge is 2.20. The van der Waals surface area contributed by atoms with E-state index in [1.807, 2.05) is 0 Å². The number of nitrogens with zero attached hydrogens (tertiary/aromatic N) is 1. The van der Waals surface area contributed by atoms with Gasteiger partial charge in [0.25, 0.3) is 0 Å². The van der Waals surface area contributed by atoms with E-state index in [4.69, 9.17) is 4.74 Å². The number of hydrogen-bond donors (Lipinski definition) is 1. The Labute approximate surface area is 87.8 Å². The van der Waals surface area contributed by atoms with Crippen LogP contribution in [-0.4, -0.2) is 50.8 Å². The zero-order chi connectivity index (χ0) is 10.6. The lowest BCUT2D eigenvalue weighted by Crippen LogP contribution is -2.50. The summed E-state index contributed by atoms with van der Waals surface area (Å²) in [5.74, 6) is 0.766. The van der Waals surface area contributed by atoms with Crippen molar-refractivity contribution in [2.75, 3.05) is 33.9 Å². The minimum atomic E-state index is 0.601. The zero-order valence-corrected chi connectivity index (χ0v) is 9.92. The molecule has 1 atom stereocenters. The summed E-state index contributed by atoms with van der Waals surface area (Å²) in [6, 6.07) is 1.25. The standard InChI is InChI=1S/C11H24N2O/c1-9(2)5-11(13(3)4)6-12-10-7-14-8-10/h9-12H,5-8H2,1-4H3. The van der Waals surface area contributed by atoms with E-state index in [2.05, 4.69) is 38.2 Å². The van der Waals surface area contributed by atoms with E-state index in [1.165, 1.54) is 6.42 Å². The van der Waals surface area contributed by atoms with E-state index >= 15 is 0 Å². The van der Waals surface area contributed by atoms with E-state index in [-0.39, 0.29) is 0 Å². The van der Waals surface area contributed by atoms with Crippen molar-refractivity contribution in [3.05, 3.63) is 0 Å². The molecule has 3 heteroatoms. The predicted octanol–water partition coefficient (Wildman–Crippen LogP) is 0.951. The van der Waals surface area contributed by atoms with Gasteiger partial charge in [-0.25, -0.2) is 0 Å². The van der Waals surface area contributed by atoms with Crippen LogP contribution in [0.3, 0.4) is 0 Å². The Bertz CT molecular complexity index is 155. The summed E-state index contributed by atoms with van der Waals surface area (Å²) < 4.78 is 5.13. The molecule has 0 aliphatic carbocycles. The maximum atomic E-state index is 5.13. The fourth-order valence-corrected chi connectivity index (χ4v) is 1.68. The summed E-state index contributed by atoms with van der Waals surface area (Å²) in [6.45, 7) is 7.43. The molecule has 84 valence electrons. The fraction of sp³-hybridized carbons (Fsp3) is 1.00. The molecule has 1 aliphatic heterocycles. The average molecular weight is 200 g/mol. The Morgan fingerprint density at radius 1 is 1.36 bits per heavy atom. The highest BCUT2D eigenvalue weighted by atomic mass is 16.5. The van der Waals surface area contributed by atoms with Crippen molar-refractivity contribution in [3.8, 4) is 0 Å². The molecule has 0 aromatic carbocycles. The lowest BCUT2D eigenvalue weighted by Gasteiger charge is -2.32. The molecule has 0 saturated carbocycles. The third-order valence-corrected chi connectivity index (χ3v) is 2.75. The molecule has 1 heterocycles. The maximum Gasteiger partial charge on any atom is 0.0643 e. The number of nitrogens with one attached hydrogen (secondary N) is 1. The summed E-state index contributed by atoms with van der Waals surface area (Å²) >= 11 is 0. The molecule has 0 amide bonds. The van der Waals surface area contributed by atoms with E-state index in [0.29, 0.717) is 12.1 Å². The Morgan fingerprint density at radius 2 is 2.00 bits per heavy atom. The highest BCUT2D eigenvalue weighted by Crippen LogP contribution is 2.09. The first-order valence-electron chi connectivity index (χ1n) is 5.57. The SMILES string of the molecule is CC(C)CC(CNC1COC1)N(C)C. The molecule has 1 rings (SSSR count). The van der Waals surface area contributed by atoms with Gasteiger partial charge in [-0.15, -0.1) is 0 Å². The van der Waals surface area contributed by atoms with E-state index in [0.717, 1.165) is 25.7 Å². The van der Waals surface area contributed by atoms with Crippen LogP contribution in [0.15, 0.2) is 0 Å². The van der Waals surface area contributed by atoms with Crippen LogP contribution in [0, 0.1) is 5.92 Å². The predicted molar refractivity (Wildman–Crippen MR) is 59.5 cm³/mol. The molecule has 0 aromatic heterocycles. The van der Waals surface area contributed by atoms with Crippen LogP contribution in [-0.2, 0) is 4.74 Å². The topological polar surface area (TPSA) is 24.5 Å². The molecular formula is C11H24N2O. The summed E-state index contributed by atoms with van der Waals surface area (Å²) in [6.07, 6.45) is 1.26. The highest BCUT2D eigenvalue weighted by molar-refractivity contribution is 4.78. The first kappa shape index (κ1) is 12.0. The van der Waals surface area contributed by atoms with Crippen molar-refractivity contribution >= 4 is 0 Å². The lowest BCUT2D eigenvalue weighted by atomic mass is 10.0. The molecule has 0 spiro atoms. The van der Waals surface area contributed by atoms with Gasteiger partial charge in [-0.05, 0) is 26.4 Å². The van der Waals surface area contributed by atoms with Crippen LogP contribution in [0.2, 0.25) is 0 Å². The third kappa shape index (κ3) is 3.95. The number of hydrogen-bond acceptors (Lipinski definition) is 3. The number of ether oxygens (including phenoxy) is 1. The van der Waals surface area contributed by atoms with Gasteiger partial charge >= 0.3 is 0 Å². The Hall–Kier alpha value is -0.120. The normalized spacial score (nSPS) is 20.1. The molecule has 0 aromatic rings. The van der Waals surface area contributed by atoms with Crippen molar-refractivity contribution in [2.45, 2.75) is 32.4 Å². The molecule has 1 fully saturated rings. The van der Waals surface area contributed by atoms with Gasteiger partial charge in [-0.3, -0.25) is 0 Å². The summed E-state index contributed by atoms with van der Waals surface area (Å²) in [5, 5.41) is 3.54. The molecule has 1 N–H and O–H groups in total. The Balaban J connectivity index is 2.19. The second kappa shape index (κ2) is 5.69. The van der Waals surface area contributed by atoms with Crippen LogP contribution in [0.1, 0.15) is 20.3 Å². The van der Waals surface area contributed by atoms with E-state index in [1.54, 1.807) is 0 Å². The molecule has 14 heavy (non-hydrogen) atoms. The van der Waals surface area contributed by atoms with Gasteiger partial charge in [-0.1, -0.05) is 13.8 Å². The van der Waals surface area contributed by atoms with Gasteiger partial charge in [0.2, 0.25) is 0 Å². The largest absolute Gasteiger partial charge is 0.378 e. The lowest BCUT2D eigenvalue weighted by molar-refractivity contribution is -0.00750. The number of likely N-dealkylation sites (N-methyl/N-ethyl adjacent to an activating group) is 1. The maximum absolute atomic E-state index is 5.13. The molecular weight excluding hydrogens is 176 g/mol. The van der Waals surface area contributed by atoms with Crippen LogP contribution in [0.5, 0.6) is 0 Å². The van der Waals surface area contributed by atoms with E-state index < -0.39 is 0 Å². The summed E-state index contributed by atoms with van der Waals surface area (Å²) in [5.41, 5.74) is 0. The van der Waals surface area contributed by atoms with Crippen LogP contribution in [0.25, 0.3) is 0 Å². The smallest absolute Gasteiger partial charge is 0.0643 e. The minimum Gasteiger partial charge on any atom is -0.378 e. The van der Waals surface area contributed by atoms with Gasteiger partial charge in [0, 0.05) is 12.6 Å². The zero-order valence-electron chi connectivity index (χ0n) is 9.92. The first-order chi connectivity index (χ1) is 6.59. The molecule has 0 bridgehead atoms. The minimum absolute atomic E-state index is 0.601. The van der Waals surface area contributed by atoms with Crippen molar-refractivity contribution in [1.82, 2.24) is 10.2 Å². The average Bonchev–Trinajstić information content (AvgIpc) is 1.98. The second-order valence-corrected chi connectivity index (χ2v) is 4.89. The third-order valence-electron chi connectivity index (χ3n) is 2.75. The second-order valence-electron chi connectivity index (χ2n) is 4.89. The summed E-state index contributed by atoms with van der Waals surface area (Å²) in [7, 11) is 4.32. The number of rotatable bonds is 6. The molecule has 1 aliphatic rings. The van der Waals surface area contributed by atoms with Crippen LogP contribution in [0.4, 0.5) is 0 Å². The van der Waals surface area contributed by atoms with Gasteiger partial charge < -0.3 is 15.0 Å². The van der Waals surface area contributed by atoms with Gasteiger partial charge in [0.05, 0.1) is 19.3 Å². The van der Waals surface area contributed by atoms with Gasteiger partial charge in [0.15, 0.2) is 0 Å². The van der Waals surface area contributed by atoms with Crippen molar-refractivity contribution < 1.29 is 4.74 Å².